The second kappa shape index (κ2) is 3.11. The van der Waals surface area contributed by atoms with Gasteiger partial charge in [0.25, 0.3) is 10.2 Å². The molecule has 2 bridgehead atoms. The number of allylic oxidation sites excluding steroid dienone is 2. The van der Waals surface area contributed by atoms with E-state index in [1.807, 2.05) is 0 Å². The zero-order valence-corrected chi connectivity index (χ0v) is 11.0. The standard InChI is InChI=1S/C12H10ClF5S/c13-11-9-5-6-10(8-4-2-1-3-7(8)9)12(11)19(14,15,16,17)18/h1-6,9-12H. The average Bonchev–Trinajstić information content (AvgIpc) is 2.26. The van der Waals surface area contributed by atoms with Crippen LogP contribution in [0, 0.1) is 0 Å². The van der Waals surface area contributed by atoms with Crippen LogP contribution in [-0.2, 0) is 0 Å². The summed E-state index contributed by atoms with van der Waals surface area (Å²) in [6.45, 7) is 0. The molecule has 0 N–H and O–H groups in total. The Morgan fingerprint density at radius 1 is 0.842 bits per heavy atom. The van der Waals surface area contributed by atoms with Crippen molar-refractivity contribution < 1.29 is 19.4 Å². The Kier molecular flexibility index (Phi) is 2.17. The molecule has 19 heavy (non-hydrogen) atoms. The summed E-state index contributed by atoms with van der Waals surface area (Å²) in [4.78, 5) is 0. The molecule has 0 spiro atoms. The Hall–Kier alpha value is -0.750. The lowest BCUT2D eigenvalue weighted by Gasteiger charge is -2.56. The molecule has 0 amide bonds. The van der Waals surface area contributed by atoms with Gasteiger partial charge in [0.1, 0.15) is 5.25 Å². The van der Waals surface area contributed by atoms with Crippen molar-refractivity contribution in [1.29, 1.82) is 0 Å². The highest BCUT2D eigenvalue weighted by Crippen LogP contribution is 3.02. The minimum atomic E-state index is -9.64. The summed E-state index contributed by atoms with van der Waals surface area (Å²) in [5.74, 6) is -2.20. The summed E-state index contributed by atoms with van der Waals surface area (Å²) >= 11 is 5.75. The number of fused-ring (bicyclic) bond motifs is 1. The molecule has 7 heteroatoms. The van der Waals surface area contributed by atoms with Crippen LogP contribution in [0.5, 0.6) is 0 Å². The van der Waals surface area contributed by atoms with Crippen molar-refractivity contribution in [1.82, 2.24) is 0 Å². The van der Waals surface area contributed by atoms with Crippen LogP contribution in [-0.4, -0.2) is 10.6 Å². The largest absolute Gasteiger partial charge is 0.290 e. The Labute approximate surface area is 112 Å². The van der Waals surface area contributed by atoms with E-state index < -0.39 is 32.7 Å². The molecule has 4 unspecified atom stereocenters. The number of halogens is 6. The third kappa shape index (κ3) is 1.96. The van der Waals surface area contributed by atoms with Gasteiger partial charge in [0, 0.05) is 11.8 Å². The molecule has 4 atom stereocenters. The number of hydrogen-bond donors (Lipinski definition) is 0. The van der Waals surface area contributed by atoms with Gasteiger partial charge in [-0.25, -0.2) is 0 Å². The molecule has 106 valence electrons. The normalized spacial score (nSPS) is 36.5. The number of benzene rings is 1. The second-order valence-electron chi connectivity index (χ2n) is 5.00. The first-order valence-electron chi connectivity index (χ1n) is 5.63. The fourth-order valence-corrected chi connectivity index (χ4v) is 5.47. The number of alkyl halides is 1. The van der Waals surface area contributed by atoms with Crippen LogP contribution in [0.15, 0.2) is 36.4 Å². The molecule has 1 aromatic rings. The topological polar surface area (TPSA) is 0 Å². The molecule has 0 aromatic heterocycles. The summed E-state index contributed by atoms with van der Waals surface area (Å²) in [5, 5.41) is -4.44. The lowest BCUT2D eigenvalue weighted by Crippen LogP contribution is -2.46. The van der Waals surface area contributed by atoms with Gasteiger partial charge in [0.2, 0.25) is 0 Å². The number of hydrogen-bond acceptors (Lipinski definition) is 0. The maximum absolute atomic E-state index is 13.2. The molecule has 3 aliphatic carbocycles. The molecule has 0 saturated heterocycles. The lowest BCUT2D eigenvalue weighted by molar-refractivity contribution is 0.320. The SMILES string of the molecule is FS(F)(F)(F)(F)C1C2C=CC(c3ccccc32)C1Cl. The fraction of sp³-hybridized carbons (Fsp3) is 0.333. The number of rotatable bonds is 1. The van der Waals surface area contributed by atoms with Gasteiger partial charge in [0.15, 0.2) is 0 Å². The van der Waals surface area contributed by atoms with Crippen molar-refractivity contribution in [2.24, 2.45) is 0 Å². The minimum Gasteiger partial charge on any atom is -0.120 e. The zero-order valence-electron chi connectivity index (χ0n) is 9.45. The van der Waals surface area contributed by atoms with Crippen LogP contribution in [0.4, 0.5) is 19.4 Å². The highest BCUT2D eigenvalue weighted by atomic mass is 35.5. The van der Waals surface area contributed by atoms with Gasteiger partial charge in [-0.1, -0.05) is 55.8 Å². The molecular formula is C12H10ClF5S. The summed E-state index contributed by atoms with van der Waals surface area (Å²) in [6.07, 6.45) is 2.72. The van der Waals surface area contributed by atoms with Crippen LogP contribution >= 0.6 is 21.8 Å². The first-order valence-corrected chi connectivity index (χ1v) is 8.08. The molecule has 0 heterocycles. The molecule has 0 fully saturated rings. The molecule has 0 nitrogen and oxygen atoms in total. The summed E-state index contributed by atoms with van der Waals surface area (Å²) in [6, 6.07) is 6.34. The van der Waals surface area contributed by atoms with E-state index in [1.165, 1.54) is 18.2 Å². The maximum atomic E-state index is 13.2. The Morgan fingerprint density at radius 2 is 1.32 bits per heavy atom. The average molecular weight is 317 g/mol. The van der Waals surface area contributed by atoms with Crippen molar-refractivity contribution in [3.63, 3.8) is 0 Å². The van der Waals surface area contributed by atoms with Gasteiger partial charge in [-0.3, -0.25) is 0 Å². The summed E-state index contributed by atoms with van der Waals surface area (Å²) in [7, 11) is -9.64. The predicted molar refractivity (Wildman–Crippen MR) is 67.6 cm³/mol. The third-order valence-corrected chi connectivity index (χ3v) is 6.07. The quantitative estimate of drug-likeness (QED) is 0.353. The first kappa shape index (κ1) is 13.2. The third-order valence-electron chi connectivity index (χ3n) is 3.77. The molecule has 0 saturated carbocycles. The summed E-state index contributed by atoms with van der Waals surface area (Å²) in [5.41, 5.74) is 0.929. The monoisotopic (exact) mass is 316 g/mol. The first-order chi connectivity index (χ1) is 8.49. The van der Waals surface area contributed by atoms with E-state index in [2.05, 4.69) is 0 Å². The van der Waals surface area contributed by atoms with E-state index in [4.69, 9.17) is 11.6 Å². The highest BCUT2D eigenvalue weighted by molar-refractivity contribution is 8.46. The minimum absolute atomic E-state index is 0.310. The van der Waals surface area contributed by atoms with E-state index in [-0.39, 0.29) is 0 Å². The maximum Gasteiger partial charge on any atom is 0.290 e. The predicted octanol–water partition coefficient (Wildman–Crippen LogP) is 5.71. The van der Waals surface area contributed by atoms with Crippen molar-refractivity contribution in [3.05, 3.63) is 47.5 Å². The molecule has 0 radical (unpaired) electrons. The van der Waals surface area contributed by atoms with E-state index >= 15 is 0 Å². The van der Waals surface area contributed by atoms with Crippen LogP contribution in [0.1, 0.15) is 23.0 Å². The van der Waals surface area contributed by atoms with Crippen molar-refractivity contribution in [2.45, 2.75) is 22.5 Å². The molecule has 0 aliphatic heterocycles. The van der Waals surface area contributed by atoms with Crippen LogP contribution < -0.4 is 0 Å². The van der Waals surface area contributed by atoms with E-state index in [9.17, 15) is 19.4 Å². The second-order valence-corrected chi connectivity index (χ2v) is 8.11. The van der Waals surface area contributed by atoms with Gasteiger partial charge >= 0.3 is 0 Å². The van der Waals surface area contributed by atoms with E-state index in [0.29, 0.717) is 11.1 Å². The lowest BCUT2D eigenvalue weighted by atomic mass is 9.71. The highest BCUT2D eigenvalue weighted by Gasteiger charge is 2.75. The smallest absolute Gasteiger partial charge is 0.120 e. The Bertz CT molecular complexity index is 579. The van der Waals surface area contributed by atoms with Crippen LogP contribution in [0.3, 0.4) is 0 Å². The van der Waals surface area contributed by atoms with Crippen molar-refractivity contribution in [2.75, 3.05) is 0 Å². The van der Waals surface area contributed by atoms with Crippen molar-refractivity contribution >= 4 is 21.8 Å². The molecular weight excluding hydrogens is 307 g/mol. The molecule has 4 rings (SSSR count). The Balaban J connectivity index is 2.22. The van der Waals surface area contributed by atoms with Crippen LogP contribution in [0.25, 0.3) is 0 Å². The van der Waals surface area contributed by atoms with Crippen LogP contribution in [0.2, 0.25) is 0 Å². The van der Waals surface area contributed by atoms with Crippen molar-refractivity contribution in [3.8, 4) is 0 Å². The van der Waals surface area contributed by atoms with E-state index in [0.717, 1.165) is 0 Å². The van der Waals surface area contributed by atoms with Gasteiger partial charge in [-0.05, 0) is 11.1 Å². The summed E-state index contributed by atoms with van der Waals surface area (Å²) < 4.78 is 65.9. The zero-order chi connectivity index (χ0) is 14.1. The van der Waals surface area contributed by atoms with Gasteiger partial charge < -0.3 is 0 Å². The molecule has 3 aliphatic rings. The Morgan fingerprint density at radius 3 is 1.84 bits per heavy atom. The fourth-order valence-electron chi connectivity index (χ4n) is 3.05. The van der Waals surface area contributed by atoms with Gasteiger partial charge in [0.05, 0.1) is 5.38 Å². The van der Waals surface area contributed by atoms with Gasteiger partial charge in [-0.2, -0.15) is 0 Å². The van der Waals surface area contributed by atoms with E-state index in [1.54, 1.807) is 18.2 Å². The molecule has 1 aromatic carbocycles. The van der Waals surface area contributed by atoms with Gasteiger partial charge in [-0.15, -0.1) is 11.6 Å².